The molecule has 124 valence electrons. The molecular formula is C18H25N3O2. The van der Waals surface area contributed by atoms with Crippen LogP contribution in [0, 0.1) is 12.3 Å². The summed E-state index contributed by atoms with van der Waals surface area (Å²) in [5.74, 6) is 1.35. The minimum Gasteiger partial charge on any atom is -0.367 e. The summed E-state index contributed by atoms with van der Waals surface area (Å²) in [6.45, 7) is 10.9. The summed E-state index contributed by atoms with van der Waals surface area (Å²) in [4.78, 5) is 6.69. The predicted molar refractivity (Wildman–Crippen MR) is 87.8 cm³/mol. The van der Waals surface area contributed by atoms with Gasteiger partial charge in [0.15, 0.2) is 5.82 Å². The van der Waals surface area contributed by atoms with E-state index >= 15 is 0 Å². The number of aromatic nitrogens is 2. The molecule has 2 atom stereocenters. The third-order valence-electron chi connectivity index (χ3n) is 4.25. The van der Waals surface area contributed by atoms with Gasteiger partial charge in [0.2, 0.25) is 5.89 Å². The molecule has 0 N–H and O–H groups in total. The molecule has 2 heterocycles. The Morgan fingerprint density at radius 2 is 1.91 bits per heavy atom. The molecule has 5 heteroatoms. The minimum absolute atomic E-state index is 0.0715. The number of morpholine rings is 1. The van der Waals surface area contributed by atoms with E-state index in [9.17, 15) is 0 Å². The minimum atomic E-state index is 0.0715. The Bertz CT molecular complexity index is 633. The number of ether oxygens (including phenoxy) is 1. The average Bonchev–Trinajstić information content (AvgIpc) is 2.92. The van der Waals surface area contributed by atoms with Gasteiger partial charge in [0.1, 0.15) is 0 Å². The zero-order valence-electron chi connectivity index (χ0n) is 14.3. The molecule has 1 aromatic heterocycles. The van der Waals surface area contributed by atoms with Gasteiger partial charge in [0.05, 0.1) is 18.8 Å². The monoisotopic (exact) mass is 315 g/mol. The highest BCUT2D eigenvalue weighted by Gasteiger charge is 2.36. The molecule has 1 aliphatic rings. The van der Waals surface area contributed by atoms with E-state index in [4.69, 9.17) is 9.26 Å². The normalized spacial score (nSPS) is 23.1. The number of hydrogen-bond donors (Lipinski definition) is 0. The van der Waals surface area contributed by atoms with Gasteiger partial charge in [0, 0.05) is 20.0 Å². The lowest BCUT2D eigenvalue weighted by atomic mass is 9.87. The Hall–Kier alpha value is -1.72. The van der Waals surface area contributed by atoms with Crippen LogP contribution < -0.4 is 0 Å². The molecule has 0 unspecified atom stereocenters. The Kier molecular flexibility index (Phi) is 4.50. The molecular weight excluding hydrogens is 290 g/mol. The largest absolute Gasteiger partial charge is 0.367 e. The predicted octanol–water partition coefficient (Wildman–Crippen LogP) is 3.37. The van der Waals surface area contributed by atoms with Gasteiger partial charge in [-0.1, -0.05) is 56.3 Å². The Balaban J connectivity index is 1.79. The van der Waals surface area contributed by atoms with Gasteiger partial charge in [-0.05, 0) is 11.0 Å². The second-order valence-electron chi connectivity index (χ2n) is 7.31. The molecule has 0 amide bonds. The summed E-state index contributed by atoms with van der Waals surface area (Å²) in [5.41, 5.74) is 1.30. The molecule has 23 heavy (non-hydrogen) atoms. The maximum Gasteiger partial charge on any atom is 0.223 e. The van der Waals surface area contributed by atoms with Crippen LogP contribution in [0.3, 0.4) is 0 Å². The van der Waals surface area contributed by atoms with E-state index in [1.165, 1.54) is 5.56 Å². The fourth-order valence-electron chi connectivity index (χ4n) is 2.89. The van der Waals surface area contributed by atoms with Crippen LogP contribution in [0.5, 0.6) is 0 Å². The van der Waals surface area contributed by atoms with Crippen molar-refractivity contribution < 1.29 is 9.26 Å². The highest BCUT2D eigenvalue weighted by atomic mass is 16.5. The third kappa shape index (κ3) is 3.98. The van der Waals surface area contributed by atoms with Gasteiger partial charge in [-0.3, -0.25) is 4.90 Å². The third-order valence-corrected chi connectivity index (χ3v) is 4.25. The van der Waals surface area contributed by atoms with Crippen LogP contribution in [0.4, 0.5) is 0 Å². The summed E-state index contributed by atoms with van der Waals surface area (Å²) >= 11 is 0. The van der Waals surface area contributed by atoms with Gasteiger partial charge in [-0.2, -0.15) is 4.98 Å². The maximum absolute atomic E-state index is 6.40. The van der Waals surface area contributed by atoms with Crippen LogP contribution >= 0.6 is 0 Å². The van der Waals surface area contributed by atoms with Gasteiger partial charge in [-0.25, -0.2) is 0 Å². The number of hydrogen-bond acceptors (Lipinski definition) is 5. The first-order valence-corrected chi connectivity index (χ1v) is 8.14. The summed E-state index contributed by atoms with van der Waals surface area (Å²) < 4.78 is 11.5. The Morgan fingerprint density at radius 3 is 2.52 bits per heavy atom. The molecule has 1 saturated heterocycles. The number of rotatable bonds is 3. The van der Waals surface area contributed by atoms with Crippen molar-refractivity contribution in [3.63, 3.8) is 0 Å². The molecule has 3 rings (SSSR count). The first kappa shape index (κ1) is 16.1. The topological polar surface area (TPSA) is 51.4 Å². The van der Waals surface area contributed by atoms with Crippen LogP contribution in [0.1, 0.15) is 44.2 Å². The van der Waals surface area contributed by atoms with E-state index in [2.05, 4.69) is 60.1 Å². The van der Waals surface area contributed by atoms with Crippen LogP contribution in [0.25, 0.3) is 0 Å². The van der Waals surface area contributed by atoms with Crippen molar-refractivity contribution in [1.82, 2.24) is 15.0 Å². The summed E-state index contributed by atoms with van der Waals surface area (Å²) in [6.07, 6.45) is 0.233. The van der Waals surface area contributed by atoms with Crippen LogP contribution in [0.15, 0.2) is 34.9 Å². The first-order chi connectivity index (χ1) is 10.9. The summed E-state index contributed by atoms with van der Waals surface area (Å²) in [5, 5.41) is 4.03. The van der Waals surface area contributed by atoms with Crippen LogP contribution in [0.2, 0.25) is 0 Å². The highest BCUT2D eigenvalue weighted by Crippen LogP contribution is 2.33. The standard InChI is InChI=1S/C18H25N3O2/c1-13-19-17(20-23-13)12-21-10-15(14-8-6-5-7-9-14)22-16(11-21)18(2,3)4/h5-9,15-16H,10-12H2,1-4H3/t15-,16+/m0/s1. The molecule has 0 bridgehead atoms. The number of aryl methyl sites for hydroxylation is 1. The summed E-state index contributed by atoms with van der Waals surface area (Å²) in [6, 6.07) is 10.4. The zero-order chi connectivity index (χ0) is 16.4. The second kappa shape index (κ2) is 6.42. The number of benzene rings is 1. The van der Waals surface area contributed by atoms with Gasteiger partial charge >= 0.3 is 0 Å². The molecule has 0 radical (unpaired) electrons. The molecule has 1 aliphatic heterocycles. The summed E-state index contributed by atoms with van der Waals surface area (Å²) in [7, 11) is 0. The smallest absolute Gasteiger partial charge is 0.223 e. The van der Waals surface area contributed by atoms with Crippen molar-refractivity contribution in [2.75, 3.05) is 13.1 Å². The van der Waals surface area contributed by atoms with E-state index in [0.717, 1.165) is 18.9 Å². The average molecular weight is 315 g/mol. The van der Waals surface area contributed by atoms with Crippen molar-refractivity contribution >= 4 is 0 Å². The lowest BCUT2D eigenvalue weighted by molar-refractivity contribution is -0.131. The molecule has 2 aromatic rings. The van der Waals surface area contributed by atoms with Crippen molar-refractivity contribution in [2.24, 2.45) is 5.41 Å². The zero-order valence-corrected chi connectivity index (χ0v) is 14.3. The van der Waals surface area contributed by atoms with Crippen molar-refractivity contribution in [2.45, 2.75) is 46.4 Å². The number of nitrogens with zero attached hydrogens (tertiary/aromatic N) is 3. The van der Waals surface area contributed by atoms with Gasteiger partial charge in [0.25, 0.3) is 0 Å². The van der Waals surface area contributed by atoms with E-state index in [0.29, 0.717) is 12.4 Å². The molecule has 0 aliphatic carbocycles. The first-order valence-electron chi connectivity index (χ1n) is 8.14. The molecule has 1 aromatic carbocycles. The molecule has 5 nitrogen and oxygen atoms in total. The van der Waals surface area contributed by atoms with E-state index in [-0.39, 0.29) is 17.6 Å². The van der Waals surface area contributed by atoms with E-state index < -0.39 is 0 Å². The van der Waals surface area contributed by atoms with Crippen LogP contribution in [-0.2, 0) is 11.3 Å². The van der Waals surface area contributed by atoms with Crippen molar-refractivity contribution in [3.8, 4) is 0 Å². The Morgan fingerprint density at radius 1 is 1.17 bits per heavy atom. The Labute approximate surface area is 137 Å². The lowest BCUT2D eigenvalue weighted by Crippen LogP contribution is -2.48. The highest BCUT2D eigenvalue weighted by molar-refractivity contribution is 5.18. The van der Waals surface area contributed by atoms with E-state index in [1.54, 1.807) is 0 Å². The quantitative estimate of drug-likeness (QED) is 0.869. The SMILES string of the molecule is Cc1nc(CN2C[C@@H](c3ccccc3)O[C@@H](C(C)(C)C)C2)no1. The second-order valence-corrected chi connectivity index (χ2v) is 7.31. The van der Waals surface area contributed by atoms with E-state index in [1.807, 2.05) is 13.0 Å². The fraction of sp³-hybridized carbons (Fsp3) is 0.556. The van der Waals surface area contributed by atoms with Gasteiger partial charge < -0.3 is 9.26 Å². The van der Waals surface area contributed by atoms with Gasteiger partial charge in [-0.15, -0.1) is 0 Å². The lowest BCUT2D eigenvalue weighted by Gasteiger charge is -2.43. The van der Waals surface area contributed by atoms with Crippen molar-refractivity contribution in [1.29, 1.82) is 0 Å². The molecule has 0 spiro atoms. The van der Waals surface area contributed by atoms with Crippen LogP contribution in [-0.4, -0.2) is 34.2 Å². The fourth-order valence-corrected chi connectivity index (χ4v) is 2.89. The maximum atomic E-state index is 6.40. The molecule has 1 fully saturated rings. The van der Waals surface area contributed by atoms with Crippen molar-refractivity contribution in [3.05, 3.63) is 47.6 Å². The molecule has 0 saturated carbocycles.